The van der Waals surface area contributed by atoms with Crippen LogP contribution in [0.25, 0.3) is 0 Å². The lowest BCUT2D eigenvalue weighted by atomic mass is 9.74. The van der Waals surface area contributed by atoms with Crippen molar-refractivity contribution in [2.75, 3.05) is 13.2 Å². The third kappa shape index (κ3) is 3.55. The van der Waals surface area contributed by atoms with Crippen molar-refractivity contribution in [3.8, 4) is 0 Å². The molecule has 0 spiro atoms. The third-order valence-corrected chi connectivity index (χ3v) is 6.32. The molecule has 5 nitrogen and oxygen atoms in total. The summed E-state index contributed by atoms with van der Waals surface area (Å²) in [5.74, 6) is -0.138. The predicted octanol–water partition coefficient (Wildman–Crippen LogP) is 3.49. The second-order valence-corrected chi connectivity index (χ2v) is 7.84. The molecule has 2 aliphatic rings. The van der Waals surface area contributed by atoms with E-state index < -0.39 is 0 Å². The molecule has 0 unspecified atom stereocenters. The standard InChI is InChI=1S/C21H23N3O2S/c22-17-3-1-2-4-18(17)24-19(25)15-5-7-16(8-6-15)21(9-12-26-13-10-21)20-23-11-14-27-20/h2,4-8,11,14H,1,3,9-10,12-13,22H2,(H,24,25). The Labute approximate surface area is 163 Å². The number of amides is 1. The molecule has 1 aliphatic carbocycles. The van der Waals surface area contributed by atoms with E-state index in [2.05, 4.69) is 22.4 Å². The van der Waals surface area contributed by atoms with Crippen molar-refractivity contribution in [2.24, 2.45) is 5.73 Å². The van der Waals surface area contributed by atoms with Crippen LogP contribution in [0, 0.1) is 0 Å². The van der Waals surface area contributed by atoms with Gasteiger partial charge in [0.25, 0.3) is 5.91 Å². The second-order valence-electron chi connectivity index (χ2n) is 6.94. The van der Waals surface area contributed by atoms with Crippen LogP contribution in [-0.2, 0) is 10.2 Å². The van der Waals surface area contributed by atoms with Gasteiger partial charge in [-0.05, 0) is 49.5 Å². The average molecular weight is 382 g/mol. The van der Waals surface area contributed by atoms with Gasteiger partial charge in [0.2, 0.25) is 0 Å². The van der Waals surface area contributed by atoms with Crippen molar-refractivity contribution < 1.29 is 9.53 Å². The predicted molar refractivity (Wildman–Crippen MR) is 106 cm³/mol. The molecule has 27 heavy (non-hydrogen) atoms. The number of aromatic nitrogens is 1. The number of benzene rings is 1. The molecule has 4 rings (SSSR count). The summed E-state index contributed by atoms with van der Waals surface area (Å²) in [5.41, 5.74) is 9.12. The van der Waals surface area contributed by atoms with Crippen LogP contribution in [0.2, 0.25) is 0 Å². The van der Waals surface area contributed by atoms with E-state index in [0.29, 0.717) is 11.3 Å². The lowest BCUT2D eigenvalue weighted by Crippen LogP contribution is -2.35. The summed E-state index contributed by atoms with van der Waals surface area (Å²) in [6.07, 6.45) is 9.27. The van der Waals surface area contributed by atoms with Gasteiger partial charge in [-0.1, -0.05) is 18.2 Å². The Morgan fingerprint density at radius 1 is 1.22 bits per heavy atom. The topological polar surface area (TPSA) is 77.2 Å². The molecule has 1 aromatic carbocycles. The molecule has 1 saturated heterocycles. The molecule has 1 fully saturated rings. The number of carbonyl (C=O) groups is 1. The fourth-order valence-corrected chi connectivity index (χ4v) is 4.66. The molecule has 0 atom stereocenters. The summed E-state index contributed by atoms with van der Waals surface area (Å²) in [7, 11) is 0. The second kappa shape index (κ2) is 7.66. The molecule has 1 aliphatic heterocycles. The molecule has 6 heteroatoms. The van der Waals surface area contributed by atoms with Crippen LogP contribution in [0.1, 0.15) is 46.6 Å². The first-order valence-corrected chi connectivity index (χ1v) is 10.1. The molecule has 0 bridgehead atoms. The van der Waals surface area contributed by atoms with Gasteiger partial charge in [0, 0.05) is 36.1 Å². The van der Waals surface area contributed by atoms with Gasteiger partial charge in [0.1, 0.15) is 5.01 Å². The molecule has 1 amide bonds. The number of rotatable bonds is 4. The third-order valence-electron chi connectivity index (χ3n) is 5.35. The highest BCUT2D eigenvalue weighted by atomic mass is 32.1. The van der Waals surface area contributed by atoms with Gasteiger partial charge >= 0.3 is 0 Å². The zero-order chi connectivity index (χ0) is 18.7. The Kier molecular flexibility index (Phi) is 5.09. The number of nitrogens with zero attached hydrogens (tertiary/aromatic N) is 1. The highest BCUT2D eigenvalue weighted by Gasteiger charge is 2.38. The molecule has 0 saturated carbocycles. The van der Waals surface area contributed by atoms with E-state index in [4.69, 9.17) is 10.5 Å². The normalized spacial score (nSPS) is 19.1. The maximum absolute atomic E-state index is 12.6. The summed E-state index contributed by atoms with van der Waals surface area (Å²) in [6.45, 7) is 1.45. The highest BCUT2D eigenvalue weighted by Crippen LogP contribution is 2.42. The van der Waals surface area contributed by atoms with Crippen molar-refractivity contribution in [3.05, 3.63) is 75.5 Å². The molecular weight excluding hydrogens is 358 g/mol. The number of thiazole rings is 1. The maximum Gasteiger partial charge on any atom is 0.255 e. The largest absolute Gasteiger partial charge is 0.400 e. The maximum atomic E-state index is 12.6. The number of allylic oxidation sites excluding steroid dienone is 3. The van der Waals surface area contributed by atoms with Crippen LogP contribution >= 0.6 is 11.3 Å². The number of hydrogen-bond donors (Lipinski definition) is 2. The van der Waals surface area contributed by atoms with E-state index in [1.165, 1.54) is 5.56 Å². The molecule has 1 aromatic heterocycles. The van der Waals surface area contributed by atoms with Gasteiger partial charge in [-0.25, -0.2) is 4.98 Å². The first-order chi connectivity index (χ1) is 13.2. The van der Waals surface area contributed by atoms with Crippen LogP contribution < -0.4 is 11.1 Å². The van der Waals surface area contributed by atoms with E-state index in [0.717, 1.165) is 49.6 Å². The van der Waals surface area contributed by atoms with E-state index in [9.17, 15) is 4.79 Å². The fraction of sp³-hybridized carbons (Fsp3) is 0.333. The number of ether oxygens (including phenoxy) is 1. The van der Waals surface area contributed by atoms with Gasteiger partial charge in [0.15, 0.2) is 0 Å². The van der Waals surface area contributed by atoms with Crippen molar-refractivity contribution in [2.45, 2.75) is 31.1 Å². The Morgan fingerprint density at radius 2 is 2.00 bits per heavy atom. The molecule has 140 valence electrons. The smallest absolute Gasteiger partial charge is 0.255 e. The number of nitrogens with one attached hydrogen (secondary N) is 1. The first kappa shape index (κ1) is 17.9. The minimum Gasteiger partial charge on any atom is -0.400 e. The Bertz CT molecular complexity index is 863. The number of carbonyl (C=O) groups excluding carboxylic acids is 1. The van der Waals surface area contributed by atoms with Gasteiger partial charge in [-0.3, -0.25) is 4.79 Å². The van der Waals surface area contributed by atoms with E-state index in [1.54, 1.807) is 11.3 Å². The lowest BCUT2D eigenvalue weighted by molar-refractivity contribution is 0.0630. The van der Waals surface area contributed by atoms with Crippen LogP contribution in [0.4, 0.5) is 0 Å². The molecule has 0 radical (unpaired) electrons. The SMILES string of the molecule is NC1=C(NC(=O)c2ccc(C3(c4nccs4)CCOCC3)cc2)C=CCC1. The monoisotopic (exact) mass is 381 g/mol. The minimum atomic E-state index is -0.138. The van der Waals surface area contributed by atoms with Crippen LogP contribution in [0.3, 0.4) is 0 Å². The number of nitrogens with two attached hydrogens (primary N) is 1. The van der Waals surface area contributed by atoms with Gasteiger partial charge in [0.05, 0.1) is 11.1 Å². The van der Waals surface area contributed by atoms with Crippen molar-refractivity contribution in [1.29, 1.82) is 0 Å². The quantitative estimate of drug-likeness (QED) is 0.850. The van der Waals surface area contributed by atoms with Crippen LogP contribution in [0.5, 0.6) is 0 Å². The minimum absolute atomic E-state index is 0.125. The summed E-state index contributed by atoms with van der Waals surface area (Å²) < 4.78 is 5.59. The molecular formula is C21H23N3O2S. The molecule has 2 aromatic rings. The molecule has 3 N–H and O–H groups in total. The van der Waals surface area contributed by atoms with Crippen LogP contribution in [-0.4, -0.2) is 24.1 Å². The summed E-state index contributed by atoms with van der Waals surface area (Å²) in [4.78, 5) is 17.2. The van der Waals surface area contributed by atoms with Crippen molar-refractivity contribution >= 4 is 17.2 Å². The molecule has 2 heterocycles. The van der Waals surface area contributed by atoms with Crippen molar-refractivity contribution in [3.63, 3.8) is 0 Å². The van der Waals surface area contributed by atoms with Gasteiger partial charge < -0.3 is 15.8 Å². The summed E-state index contributed by atoms with van der Waals surface area (Å²) >= 11 is 1.68. The highest BCUT2D eigenvalue weighted by molar-refractivity contribution is 7.09. The summed E-state index contributed by atoms with van der Waals surface area (Å²) in [6, 6.07) is 7.88. The zero-order valence-electron chi connectivity index (χ0n) is 15.1. The first-order valence-electron chi connectivity index (χ1n) is 9.24. The Morgan fingerprint density at radius 3 is 2.67 bits per heavy atom. The fourth-order valence-electron chi connectivity index (χ4n) is 3.74. The van der Waals surface area contributed by atoms with Gasteiger partial charge in [-0.15, -0.1) is 11.3 Å². The van der Waals surface area contributed by atoms with E-state index >= 15 is 0 Å². The van der Waals surface area contributed by atoms with E-state index in [-0.39, 0.29) is 11.3 Å². The summed E-state index contributed by atoms with van der Waals surface area (Å²) in [5, 5.41) is 6.06. The number of hydrogen-bond acceptors (Lipinski definition) is 5. The van der Waals surface area contributed by atoms with Gasteiger partial charge in [-0.2, -0.15) is 0 Å². The Hall–Kier alpha value is -2.44. The Balaban J connectivity index is 1.57. The lowest BCUT2D eigenvalue weighted by Gasteiger charge is -2.36. The zero-order valence-corrected chi connectivity index (χ0v) is 15.9. The van der Waals surface area contributed by atoms with Crippen LogP contribution in [0.15, 0.2) is 59.4 Å². The average Bonchev–Trinajstić information content (AvgIpc) is 3.26. The van der Waals surface area contributed by atoms with E-state index in [1.807, 2.05) is 35.9 Å². The van der Waals surface area contributed by atoms with Crippen molar-refractivity contribution in [1.82, 2.24) is 10.3 Å².